The Labute approximate surface area is 172 Å². The molecule has 0 fully saturated rings. The number of pyridine rings is 1. The van der Waals surface area contributed by atoms with Crippen LogP contribution in [0.4, 0.5) is 0 Å². The smallest absolute Gasteiger partial charge is 0.131 e. The van der Waals surface area contributed by atoms with Crippen LogP contribution in [0.1, 0.15) is 0 Å². The number of aromatic nitrogens is 3. The van der Waals surface area contributed by atoms with Gasteiger partial charge in [-0.05, 0) is 36.4 Å². The van der Waals surface area contributed by atoms with Gasteiger partial charge in [0.15, 0.2) is 0 Å². The van der Waals surface area contributed by atoms with Gasteiger partial charge in [0.1, 0.15) is 5.65 Å². The molecule has 0 saturated heterocycles. The summed E-state index contributed by atoms with van der Waals surface area (Å²) in [6.45, 7) is 0. The SMILES string of the molecule is c1ccc(-n2c(-c3ccccn3)cc3c4cccc5c6ccccc6n(c54)c32)cc1. The number of nitrogens with zero attached hydrogens (tertiary/aromatic N) is 3. The molecule has 0 saturated carbocycles. The Bertz CT molecular complexity index is 1670. The molecule has 3 aromatic carbocycles. The van der Waals surface area contributed by atoms with Crippen molar-refractivity contribution < 1.29 is 0 Å². The highest BCUT2D eigenvalue weighted by Crippen LogP contribution is 2.42. The topological polar surface area (TPSA) is 22.2 Å². The van der Waals surface area contributed by atoms with E-state index in [-0.39, 0.29) is 0 Å². The highest BCUT2D eigenvalue weighted by atomic mass is 15.1. The van der Waals surface area contributed by atoms with E-state index in [1.165, 1.54) is 38.2 Å². The van der Waals surface area contributed by atoms with Crippen LogP contribution in [0.3, 0.4) is 0 Å². The van der Waals surface area contributed by atoms with Crippen LogP contribution in [0.25, 0.3) is 55.3 Å². The van der Waals surface area contributed by atoms with E-state index in [0.717, 1.165) is 17.1 Å². The Morgan fingerprint density at radius 2 is 1.33 bits per heavy atom. The zero-order chi connectivity index (χ0) is 19.7. The van der Waals surface area contributed by atoms with Crippen molar-refractivity contribution in [2.75, 3.05) is 0 Å². The van der Waals surface area contributed by atoms with Gasteiger partial charge in [-0.25, -0.2) is 0 Å². The van der Waals surface area contributed by atoms with Gasteiger partial charge in [0, 0.05) is 33.4 Å². The second-order valence-corrected chi connectivity index (χ2v) is 7.71. The number of hydrogen-bond donors (Lipinski definition) is 0. The van der Waals surface area contributed by atoms with Gasteiger partial charge in [-0.2, -0.15) is 0 Å². The molecule has 0 aliphatic heterocycles. The number of hydrogen-bond acceptors (Lipinski definition) is 1. The van der Waals surface area contributed by atoms with Crippen LogP contribution in [0.5, 0.6) is 0 Å². The van der Waals surface area contributed by atoms with Crippen molar-refractivity contribution in [1.29, 1.82) is 0 Å². The van der Waals surface area contributed by atoms with Crippen molar-refractivity contribution in [1.82, 2.24) is 14.0 Å². The van der Waals surface area contributed by atoms with Gasteiger partial charge < -0.3 is 0 Å². The molecule has 0 unspecified atom stereocenters. The fraction of sp³-hybridized carbons (Fsp3) is 0. The largest absolute Gasteiger partial charge is 0.294 e. The Morgan fingerprint density at radius 1 is 0.600 bits per heavy atom. The van der Waals surface area contributed by atoms with Crippen LogP contribution >= 0.6 is 0 Å². The molecule has 4 heterocycles. The van der Waals surface area contributed by atoms with Crippen molar-refractivity contribution >= 4 is 38.2 Å². The quantitative estimate of drug-likeness (QED) is 0.326. The first-order chi connectivity index (χ1) is 14.9. The fourth-order valence-corrected chi connectivity index (χ4v) is 4.92. The van der Waals surface area contributed by atoms with E-state index in [9.17, 15) is 0 Å². The monoisotopic (exact) mass is 383 g/mol. The molecule has 3 heteroatoms. The predicted octanol–water partition coefficient (Wildman–Crippen LogP) is 6.69. The van der Waals surface area contributed by atoms with Gasteiger partial charge in [0.05, 0.1) is 22.4 Å². The average Bonchev–Trinajstić information content (AvgIpc) is 3.46. The molecule has 0 atom stereocenters. The third-order valence-electron chi connectivity index (χ3n) is 6.11. The van der Waals surface area contributed by atoms with Crippen LogP contribution in [0, 0.1) is 0 Å². The lowest BCUT2D eigenvalue weighted by molar-refractivity contribution is 1.08. The Kier molecular flexibility index (Phi) is 3.00. The molecule has 30 heavy (non-hydrogen) atoms. The van der Waals surface area contributed by atoms with Crippen LogP contribution < -0.4 is 0 Å². The Hall–Kier alpha value is -4.11. The molecule has 0 aliphatic carbocycles. The number of para-hydroxylation sites is 3. The first kappa shape index (κ1) is 15.8. The molecule has 4 aromatic heterocycles. The minimum atomic E-state index is 0.973. The molecule has 140 valence electrons. The fourth-order valence-electron chi connectivity index (χ4n) is 4.92. The van der Waals surface area contributed by atoms with Gasteiger partial charge in [-0.3, -0.25) is 14.0 Å². The van der Waals surface area contributed by atoms with Gasteiger partial charge in [-0.1, -0.05) is 60.7 Å². The zero-order valence-electron chi connectivity index (χ0n) is 16.2. The molecule has 7 rings (SSSR count). The summed E-state index contributed by atoms with van der Waals surface area (Å²) in [5.74, 6) is 0. The summed E-state index contributed by atoms with van der Waals surface area (Å²) < 4.78 is 4.78. The molecule has 0 spiro atoms. The van der Waals surface area contributed by atoms with Gasteiger partial charge in [-0.15, -0.1) is 0 Å². The second-order valence-electron chi connectivity index (χ2n) is 7.71. The first-order valence-electron chi connectivity index (χ1n) is 10.2. The summed E-state index contributed by atoms with van der Waals surface area (Å²) in [4.78, 5) is 4.67. The lowest BCUT2D eigenvalue weighted by atomic mass is 10.1. The maximum Gasteiger partial charge on any atom is 0.131 e. The van der Waals surface area contributed by atoms with Gasteiger partial charge >= 0.3 is 0 Å². The van der Waals surface area contributed by atoms with E-state index in [1.54, 1.807) is 0 Å². The van der Waals surface area contributed by atoms with Crippen LogP contribution in [-0.2, 0) is 0 Å². The van der Waals surface area contributed by atoms with Gasteiger partial charge in [0.2, 0.25) is 0 Å². The summed E-state index contributed by atoms with van der Waals surface area (Å²) in [7, 11) is 0. The molecule has 0 radical (unpaired) electrons. The van der Waals surface area contributed by atoms with E-state index in [2.05, 4.69) is 98.9 Å². The molecule has 0 N–H and O–H groups in total. The average molecular weight is 383 g/mol. The first-order valence-corrected chi connectivity index (χ1v) is 10.2. The third-order valence-corrected chi connectivity index (χ3v) is 6.11. The van der Waals surface area contributed by atoms with E-state index < -0.39 is 0 Å². The minimum absolute atomic E-state index is 0.973. The third kappa shape index (κ3) is 1.91. The second kappa shape index (κ2) is 5.71. The number of rotatable bonds is 2. The maximum absolute atomic E-state index is 4.67. The van der Waals surface area contributed by atoms with E-state index >= 15 is 0 Å². The molecule has 0 aliphatic rings. The molecule has 7 aromatic rings. The predicted molar refractivity (Wildman–Crippen MR) is 124 cm³/mol. The molecular weight excluding hydrogens is 366 g/mol. The summed E-state index contributed by atoms with van der Waals surface area (Å²) >= 11 is 0. The summed E-state index contributed by atoms with van der Waals surface area (Å²) in [5, 5.41) is 5.13. The van der Waals surface area contributed by atoms with Crippen LogP contribution in [-0.4, -0.2) is 14.0 Å². The number of benzene rings is 3. The van der Waals surface area contributed by atoms with E-state index in [4.69, 9.17) is 0 Å². The lowest BCUT2D eigenvalue weighted by Crippen LogP contribution is -2.00. The van der Waals surface area contributed by atoms with Crippen molar-refractivity contribution in [2.45, 2.75) is 0 Å². The lowest BCUT2D eigenvalue weighted by Gasteiger charge is -2.11. The molecule has 0 bridgehead atoms. The number of fused-ring (bicyclic) bond motifs is 6. The molecule has 0 amide bonds. The normalized spacial score (nSPS) is 12.0. The van der Waals surface area contributed by atoms with Gasteiger partial charge in [0.25, 0.3) is 0 Å². The van der Waals surface area contributed by atoms with E-state index in [0.29, 0.717) is 0 Å². The van der Waals surface area contributed by atoms with E-state index in [1.807, 2.05) is 18.3 Å². The molecule has 3 nitrogen and oxygen atoms in total. The van der Waals surface area contributed by atoms with Crippen LogP contribution in [0.2, 0.25) is 0 Å². The summed E-state index contributed by atoms with van der Waals surface area (Å²) in [5.41, 5.74) is 6.93. The van der Waals surface area contributed by atoms with Crippen molar-refractivity contribution in [3.63, 3.8) is 0 Å². The van der Waals surface area contributed by atoms with Crippen molar-refractivity contribution in [2.24, 2.45) is 0 Å². The summed E-state index contributed by atoms with van der Waals surface area (Å²) in [6, 6.07) is 34.3. The Morgan fingerprint density at radius 3 is 2.17 bits per heavy atom. The highest BCUT2D eigenvalue weighted by Gasteiger charge is 2.23. The molecular formula is C27H17N3. The maximum atomic E-state index is 4.67. The van der Waals surface area contributed by atoms with Crippen molar-refractivity contribution in [3.8, 4) is 17.1 Å². The Balaban J connectivity index is 1.77. The highest BCUT2D eigenvalue weighted by molar-refractivity contribution is 6.23. The standard InChI is InChI=1S/C27H17N3/c1-2-9-18(10-3-1)29-25(23-14-6-7-16-28-23)17-22-21-13-8-12-20-19-11-4-5-15-24(19)30(26(20)21)27(22)29/h1-17H. The van der Waals surface area contributed by atoms with Crippen LogP contribution in [0.15, 0.2) is 103 Å². The van der Waals surface area contributed by atoms with Crippen molar-refractivity contribution in [3.05, 3.63) is 103 Å². The zero-order valence-corrected chi connectivity index (χ0v) is 16.2. The summed E-state index contributed by atoms with van der Waals surface area (Å²) in [6.07, 6.45) is 1.86. The minimum Gasteiger partial charge on any atom is -0.294 e.